The van der Waals surface area contributed by atoms with Gasteiger partial charge in [-0.3, -0.25) is 0 Å². The molecule has 0 fully saturated rings. The van der Waals surface area contributed by atoms with Crippen LogP contribution in [-0.2, 0) is 4.79 Å². The minimum absolute atomic E-state index is 0.295. The molecule has 0 amide bonds. The predicted octanol–water partition coefficient (Wildman–Crippen LogP) is 1.94. The summed E-state index contributed by atoms with van der Waals surface area (Å²) in [5.74, 6) is -0.183. The third-order valence-corrected chi connectivity index (χ3v) is 2.22. The lowest BCUT2D eigenvalue weighted by Gasteiger charge is -2.21. The Morgan fingerprint density at radius 3 is 2.86 bits per heavy atom. The van der Waals surface area contributed by atoms with Gasteiger partial charge in [-0.1, -0.05) is 18.2 Å². The van der Waals surface area contributed by atoms with Gasteiger partial charge in [-0.2, -0.15) is 0 Å². The van der Waals surface area contributed by atoms with Crippen LogP contribution in [0, 0.1) is 0 Å². The Morgan fingerprint density at radius 2 is 2.14 bits per heavy atom. The van der Waals surface area contributed by atoms with E-state index in [1.54, 1.807) is 13.0 Å². The van der Waals surface area contributed by atoms with Crippen molar-refractivity contribution in [3.63, 3.8) is 0 Å². The van der Waals surface area contributed by atoms with Gasteiger partial charge in [0.15, 0.2) is 0 Å². The number of fused-ring (bicyclic) bond motifs is 1. The lowest BCUT2D eigenvalue weighted by atomic mass is 10.0. The number of carbonyl (C=O) groups is 1. The molecule has 1 N–H and O–H groups in total. The lowest BCUT2D eigenvalue weighted by Crippen LogP contribution is -2.23. The highest BCUT2D eigenvalue weighted by molar-refractivity contribution is 5.94. The van der Waals surface area contributed by atoms with E-state index in [0.29, 0.717) is 5.57 Å². The molecule has 0 aromatic heterocycles. The standard InChI is InChI=1S/C11H10O3/c1-7-9(11(12)13)6-8-4-2-3-5-10(8)14-7/h2-7H,1H3,(H,12,13). The third kappa shape index (κ3) is 1.37. The van der Waals surface area contributed by atoms with Crippen LogP contribution in [0.1, 0.15) is 12.5 Å². The number of aliphatic carboxylic acids is 1. The molecule has 1 aromatic carbocycles. The molecule has 1 aliphatic heterocycles. The number of benzene rings is 1. The maximum Gasteiger partial charge on any atom is 0.335 e. The molecule has 3 heteroatoms. The summed E-state index contributed by atoms with van der Waals surface area (Å²) in [5, 5.41) is 8.89. The van der Waals surface area contributed by atoms with E-state index in [2.05, 4.69) is 0 Å². The van der Waals surface area contributed by atoms with E-state index in [1.807, 2.05) is 24.3 Å². The number of hydrogen-bond donors (Lipinski definition) is 1. The van der Waals surface area contributed by atoms with Crippen LogP contribution in [0.4, 0.5) is 0 Å². The molecule has 72 valence electrons. The highest BCUT2D eigenvalue weighted by Gasteiger charge is 2.22. The Kier molecular flexibility index (Phi) is 2.00. The molecule has 1 atom stereocenters. The molecule has 1 aliphatic rings. The van der Waals surface area contributed by atoms with Crippen molar-refractivity contribution >= 4 is 12.0 Å². The summed E-state index contributed by atoms with van der Waals surface area (Å²) < 4.78 is 5.46. The fourth-order valence-electron chi connectivity index (χ4n) is 1.48. The van der Waals surface area contributed by atoms with Gasteiger partial charge in [-0.05, 0) is 19.1 Å². The number of hydrogen-bond acceptors (Lipinski definition) is 2. The first-order valence-electron chi connectivity index (χ1n) is 4.39. The monoisotopic (exact) mass is 190 g/mol. The second kappa shape index (κ2) is 3.18. The fraction of sp³-hybridized carbons (Fsp3) is 0.182. The molecule has 0 saturated heterocycles. The van der Waals surface area contributed by atoms with E-state index >= 15 is 0 Å². The van der Waals surface area contributed by atoms with Gasteiger partial charge in [-0.15, -0.1) is 0 Å². The Balaban J connectivity index is 2.49. The average Bonchev–Trinajstić information content (AvgIpc) is 2.16. The zero-order valence-corrected chi connectivity index (χ0v) is 7.73. The van der Waals surface area contributed by atoms with Crippen molar-refractivity contribution < 1.29 is 14.6 Å². The van der Waals surface area contributed by atoms with E-state index in [4.69, 9.17) is 9.84 Å². The van der Waals surface area contributed by atoms with Crippen LogP contribution in [0.5, 0.6) is 5.75 Å². The molecule has 2 rings (SSSR count). The predicted molar refractivity (Wildman–Crippen MR) is 52.1 cm³/mol. The van der Waals surface area contributed by atoms with E-state index in [1.165, 1.54) is 0 Å². The van der Waals surface area contributed by atoms with Gasteiger partial charge in [0.2, 0.25) is 0 Å². The van der Waals surface area contributed by atoms with Crippen molar-refractivity contribution in [1.82, 2.24) is 0 Å². The first kappa shape index (κ1) is 8.81. The minimum atomic E-state index is -0.924. The van der Waals surface area contributed by atoms with Gasteiger partial charge in [-0.25, -0.2) is 4.79 Å². The number of ether oxygens (including phenoxy) is 1. The summed E-state index contributed by atoms with van der Waals surface area (Å²) >= 11 is 0. The molecule has 1 heterocycles. The molecule has 1 unspecified atom stereocenters. The highest BCUT2D eigenvalue weighted by atomic mass is 16.5. The summed E-state index contributed by atoms with van der Waals surface area (Å²) in [7, 11) is 0. The van der Waals surface area contributed by atoms with Crippen LogP contribution in [-0.4, -0.2) is 17.2 Å². The molecule has 0 radical (unpaired) electrons. The highest BCUT2D eigenvalue weighted by Crippen LogP contribution is 2.28. The second-order valence-electron chi connectivity index (χ2n) is 3.20. The summed E-state index contributed by atoms with van der Waals surface area (Å²) in [6, 6.07) is 7.39. The Hall–Kier alpha value is -1.77. The van der Waals surface area contributed by atoms with Crippen LogP contribution < -0.4 is 4.74 Å². The molecule has 0 spiro atoms. The molecule has 1 aromatic rings. The maximum absolute atomic E-state index is 10.8. The van der Waals surface area contributed by atoms with E-state index < -0.39 is 5.97 Å². The lowest BCUT2D eigenvalue weighted by molar-refractivity contribution is -0.133. The van der Waals surface area contributed by atoms with Crippen molar-refractivity contribution in [1.29, 1.82) is 0 Å². The number of carboxylic acid groups (broad SMARTS) is 1. The van der Waals surface area contributed by atoms with Crippen molar-refractivity contribution in [2.45, 2.75) is 13.0 Å². The molecule has 3 nitrogen and oxygen atoms in total. The third-order valence-electron chi connectivity index (χ3n) is 2.22. The first-order valence-corrected chi connectivity index (χ1v) is 4.39. The summed E-state index contributed by atoms with van der Waals surface area (Å²) in [4.78, 5) is 10.8. The largest absolute Gasteiger partial charge is 0.485 e. The Labute approximate surface area is 81.6 Å². The fourth-order valence-corrected chi connectivity index (χ4v) is 1.48. The van der Waals surface area contributed by atoms with Crippen LogP contribution in [0.25, 0.3) is 6.08 Å². The quantitative estimate of drug-likeness (QED) is 0.736. The van der Waals surface area contributed by atoms with Gasteiger partial charge < -0.3 is 9.84 Å². The van der Waals surface area contributed by atoms with Crippen molar-refractivity contribution in [2.24, 2.45) is 0 Å². The van der Waals surface area contributed by atoms with Crippen molar-refractivity contribution in [3.8, 4) is 5.75 Å². The van der Waals surface area contributed by atoms with E-state index in [9.17, 15) is 4.79 Å². The molecular weight excluding hydrogens is 180 g/mol. The molecular formula is C11H10O3. The van der Waals surface area contributed by atoms with Crippen molar-refractivity contribution in [3.05, 3.63) is 35.4 Å². The average molecular weight is 190 g/mol. The number of rotatable bonds is 1. The van der Waals surface area contributed by atoms with E-state index in [-0.39, 0.29) is 6.10 Å². The van der Waals surface area contributed by atoms with Gasteiger partial charge in [0.05, 0.1) is 5.57 Å². The van der Waals surface area contributed by atoms with Crippen LogP contribution >= 0.6 is 0 Å². The van der Waals surface area contributed by atoms with Crippen LogP contribution in [0.3, 0.4) is 0 Å². The smallest absolute Gasteiger partial charge is 0.335 e. The van der Waals surface area contributed by atoms with Crippen LogP contribution in [0.15, 0.2) is 29.8 Å². The molecule has 0 saturated carbocycles. The zero-order valence-electron chi connectivity index (χ0n) is 7.73. The topological polar surface area (TPSA) is 46.5 Å². The normalized spacial score (nSPS) is 19.2. The van der Waals surface area contributed by atoms with Gasteiger partial charge in [0, 0.05) is 5.56 Å². The zero-order chi connectivity index (χ0) is 10.1. The maximum atomic E-state index is 10.8. The van der Waals surface area contributed by atoms with Crippen molar-refractivity contribution in [2.75, 3.05) is 0 Å². The summed E-state index contributed by atoms with van der Waals surface area (Å²) in [6.07, 6.45) is 1.27. The Morgan fingerprint density at radius 1 is 1.43 bits per heavy atom. The number of carboxylic acids is 1. The molecule has 0 bridgehead atoms. The van der Waals surface area contributed by atoms with Gasteiger partial charge >= 0.3 is 5.97 Å². The SMILES string of the molecule is CC1Oc2ccccc2C=C1C(=O)O. The van der Waals surface area contributed by atoms with Crippen LogP contribution in [0.2, 0.25) is 0 Å². The summed E-state index contributed by atoms with van der Waals surface area (Å²) in [5.41, 5.74) is 1.12. The number of para-hydroxylation sites is 1. The van der Waals surface area contributed by atoms with Gasteiger partial charge in [0.1, 0.15) is 11.9 Å². The summed E-state index contributed by atoms with van der Waals surface area (Å²) in [6.45, 7) is 1.73. The van der Waals surface area contributed by atoms with Gasteiger partial charge in [0.25, 0.3) is 0 Å². The first-order chi connectivity index (χ1) is 6.68. The molecule has 14 heavy (non-hydrogen) atoms. The second-order valence-corrected chi connectivity index (χ2v) is 3.20. The minimum Gasteiger partial charge on any atom is -0.485 e. The Bertz CT molecular complexity index is 407. The van der Waals surface area contributed by atoms with E-state index in [0.717, 1.165) is 11.3 Å². The molecule has 0 aliphatic carbocycles.